The van der Waals surface area contributed by atoms with Crippen molar-refractivity contribution < 1.29 is 14.3 Å². The second-order valence-electron chi connectivity index (χ2n) is 4.88. The van der Waals surface area contributed by atoms with Gasteiger partial charge in [0.1, 0.15) is 0 Å². The lowest BCUT2D eigenvalue weighted by Crippen LogP contribution is -2.32. The van der Waals surface area contributed by atoms with Crippen molar-refractivity contribution in [2.24, 2.45) is 0 Å². The van der Waals surface area contributed by atoms with Crippen molar-refractivity contribution in [3.05, 3.63) is 24.3 Å². The third-order valence-corrected chi connectivity index (χ3v) is 5.25. The van der Waals surface area contributed by atoms with Crippen LogP contribution in [0.5, 0.6) is 11.5 Å². The largest absolute Gasteiger partial charge is 0.493 e. The number of aromatic nitrogens is 2. The van der Waals surface area contributed by atoms with Crippen molar-refractivity contribution in [2.75, 3.05) is 18.2 Å². The Hall–Kier alpha value is -1.80. The van der Waals surface area contributed by atoms with Crippen molar-refractivity contribution in [3.8, 4) is 11.5 Å². The molecule has 0 saturated heterocycles. The number of para-hydroxylation sites is 2. The van der Waals surface area contributed by atoms with Crippen LogP contribution in [-0.2, 0) is 4.79 Å². The van der Waals surface area contributed by atoms with E-state index in [4.69, 9.17) is 9.47 Å². The number of carbonyl (C=O) groups is 1. The van der Waals surface area contributed by atoms with Gasteiger partial charge in [0.25, 0.3) is 5.91 Å². The zero-order valence-corrected chi connectivity index (χ0v) is 15.6. The van der Waals surface area contributed by atoms with Crippen molar-refractivity contribution in [2.45, 2.75) is 37.1 Å². The third kappa shape index (κ3) is 5.10. The van der Waals surface area contributed by atoms with Gasteiger partial charge in [-0.3, -0.25) is 10.1 Å². The van der Waals surface area contributed by atoms with Gasteiger partial charge < -0.3 is 9.47 Å². The van der Waals surface area contributed by atoms with E-state index in [0.717, 1.165) is 16.5 Å². The predicted octanol–water partition coefficient (Wildman–Crippen LogP) is 3.84. The van der Waals surface area contributed by atoms with Gasteiger partial charge in [-0.25, -0.2) is 0 Å². The lowest BCUT2D eigenvalue weighted by atomic mass is 10.2. The Labute approximate surface area is 150 Å². The van der Waals surface area contributed by atoms with Crippen molar-refractivity contribution in [3.63, 3.8) is 0 Å². The number of ether oxygens (including phenoxy) is 2. The number of nitrogens with one attached hydrogen (secondary N) is 1. The molecule has 0 radical (unpaired) electrons. The van der Waals surface area contributed by atoms with Gasteiger partial charge >= 0.3 is 0 Å². The average molecular weight is 367 g/mol. The molecule has 0 aliphatic rings. The van der Waals surface area contributed by atoms with Gasteiger partial charge in [-0.05, 0) is 25.0 Å². The van der Waals surface area contributed by atoms with E-state index in [0.29, 0.717) is 23.1 Å². The van der Waals surface area contributed by atoms with Crippen LogP contribution in [0.15, 0.2) is 28.6 Å². The van der Waals surface area contributed by atoms with Crippen LogP contribution in [0, 0.1) is 0 Å². The zero-order valence-electron chi connectivity index (χ0n) is 13.9. The first-order valence-corrected chi connectivity index (χ1v) is 9.55. The number of benzene rings is 1. The lowest BCUT2D eigenvalue weighted by Gasteiger charge is -2.17. The number of nitrogens with zero attached hydrogens (tertiary/aromatic N) is 2. The molecular weight excluding hydrogens is 346 g/mol. The summed E-state index contributed by atoms with van der Waals surface area (Å²) in [6, 6.07) is 7.26. The number of rotatable bonds is 9. The second kappa shape index (κ2) is 9.48. The van der Waals surface area contributed by atoms with Crippen molar-refractivity contribution in [1.82, 2.24) is 10.2 Å². The summed E-state index contributed by atoms with van der Waals surface area (Å²) in [5.41, 5.74) is 0. The van der Waals surface area contributed by atoms with E-state index >= 15 is 0 Å². The number of methoxy groups -OCH3 is 1. The molecule has 0 fully saturated rings. The topological polar surface area (TPSA) is 73.3 Å². The maximum Gasteiger partial charge on any atom is 0.267 e. The van der Waals surface area contributed by atoms with E-state index in [1.807, 2.05) is 19.1 Å². The molecular formula is C16H21N3O3S2. The molecule has 1 atom stereocenters. The van der Waals surface area contributed by atoms with Gasteiger partial charge in [-0.1, -0.05) is 49.1 Å². The number of thioether (sulfide) groups is 1. The summed E-state index contributed by atoms with van der Waals surface area (Å²) in [7, 11) is 1.57. The monoisotopic (exact) mass is 367 g/mol. The highest BCUT2D eigenvalue weighted by Gasteiger charge is 2.21. The van der Waals surface area contributed by atoms with Crippen LogP contribution < -0.4 is 14.8 Å². The molecule has 2 aromatic rings. The summed E-state index contributed by atoms with van der Waals surface area (Å²) in [4.78, 5) is 12.4. The normalized spacial score (nSPS) is 11.8. The third-order valence-electron chi connectivity index (χ3n) is 3.07. The molecule has 2 rings (SSSR count). The number of hydrogen-bond donors (Lipinski definition) is 1. The fourth-order valence-electron chi connectivity index (χ4n) is 1.89. The Bertz CT molecular complexity index is 664. The number of carbonyl (C=O) groups excluding carboxylic acids is 1. The van der Waals surface area contributed by atoms with Crippen LogP contribution in [0.25, 0.3) is 0 Å². The van der Waals surface area contributed by atoms with Gasteiger partial charge in [0, 0.05) is 5.75 Å². The summed E-state index contributed by atoms with van der Waals surface area (Å²) in [6.45, 7) is 4.00. The fourth-order valence-corrected chi connectivity index (χ4v) is 3.57. The predicted molar refractivity (Wildman–Crippen MR) is 97.3 cm³/mol. The summed E-state index contributed by atoms with van der Waals surface area (Å²) in [5.74, 6) is 1.87. The Balaban J connectivity index is 1.99. The number of amides is 1. The molecule has 1 unspecified atom stereocenters. The van der Waals surface area contributed by atoms with Crippen LogP contribution in [-0.4, -0.2) is 35.1 Å². The highest BCUT2D eigenvalue weighted by Crippen LogP contribution is 2.28. The standard InChI is InChI=1S/C16H21N3O3S2/c1-4-10-23-16-19-18-15(24-16)17-14(20)11(5-2)22-13-9-7-6-8-12(13)21-3/h6-9,11H,4-5,10H2,1-3H3,(H,17,18,20). The number of hydrogen-bond acceptors (Lipinski definition) is 7. The molecule has 6 nitrogen and oxygen atoms in total. The van der Waals surface area contributed by atoms with Crippen LogP contribution in [0.3, 0.4) is 0 Å². The molecule has 130 valence electrons. The minimum absolute atomic E-state index is 0.244. The van der Waals surface area contributed by atoms with Gasteiger partial charge in [-0.2, -0.15) is 0 Å². The van der Waals surface area contributed by atoms with Crippen LogP contribution in [0.1, 0.15) is 26.7 Å². The molecule has 0 spiro atoms. The Morgan fingerprint density at radius 1 is 1.29 bits per heavy atom. The molecule has 1 aromatic heterocycles. The first kappa shape index (κ1) is 18.5. The molecule has 0 aliphatic carbocycles. The van der Waals surface area contributed by atoms with E-state index in [9.17, 15) is 4.79 Å². The lowest BCUT2D eigenvalue weighted by molar-refractivity contribution is -0.122. The molecule has 8 heteroatoms. The highest BCUT2D eigenvalue weighted by atomic mass is 32.2. The van der Waals surface area contributed by atoms with E-state index in [1.165, 1.54) is 11.3 Å². The molecule has 1 N–H and O–H groups in total. The van der Waals surface area contributed by atoms with E-state index in [2.05, 4.69) is 22.4 Å². The molecule has 24 heavy (non-hydrogen) atoms. The van der Waals surface area contributed by atoms with Gasteiger partial charge in [0.2, 0.25) is 5.13 Å². The molecule has 1 heterocycles. The Morgan fingerprint density at radius 3 is 2.71 bits per heavy atom. The average Bonchev–Trinajstić information content (AvgIpc) is 3.05. The molecule has 1 aromatic carbocycles. The van der Waals surface area contributed by atoms with E-state index < -0.39 is 6.10 Å². The van der Waals surface area contributed by atoms with Crippen LogP contribution in [0.4, 0.5) is 5.13 Å². The van der Waals surface area contributed by atoms with Crippen LogP contribution >= 0.6 is 23.1 Å². The van der Waals surface area contributed by atoms with Crippen LogP contribution in [0.2, 0.25) is 0 Å². The minimum Gasteiger partial charge on any atom is -0.493 e. The molecule has 0 saturated carbocycles. The van der Waals surface area contributed by atoms with Gasteiger partial charge in [-0.15, -0.1) is 10.2 Å². The van der Waals surface area contributed by atoms with Crippen molar-refractivity contribution >= 4 is 34.1 Å². The fraction of sp³-hybridized carbons (Fsp3) is 0.438. The maximum absolute atomic E-state index is 12.4. The minimum atomic E-state index is -0.628. The van der Waals surface area contributed by atoms with E-state index in [-0.39, 0.29) is 5.91 Å². The highest BCUT2D eigenvalue weighted by molar-refractivity contribution is 8.01. The first-order valence-electron chi connectivity index (χ1n) is 7.74. The van der Waals surface area contributed by atoms with E-state index in [1.54, 1.807) is 31.0 Å². The molecule has 0 aliphatic heterocycles. The summed E-state index contributed by atoms with van der Waals surface area (Å²) >= 11 is 3.01. The van der Waals surface area contributed by atoms with Crippen molar-refractivity contribution in [1.29, 1.82) is 0 Å². The Morgan fingerprint density at radius 2 is 2.04 bits per heavy atom. The first-order chi connectivity index (χ1) is 11.7. The zero-order chi connectivity index (χ0) is 17.4. The summed E-state index contributed by atoms with van der Waals surface area (Å²) < 4.78 is 11.9. The molecule has 1 amide bonds. The second-order valence-corrected chi connectivity index (χ2v) is 7.20. The quantitative estimate of drug-likeness (QED) is 0.536. The number of anilines is 1. The maximum atomic E-state index is 12.4. The molecule has 0 bridgehead atoms. The Kier molecular flexibility index (Phi) is 7.33. The smallest absolute Gasteiger partial charge is 0.267 e. The van der Waals surface area contributed by atoms with Gasteiger partial charge in [0.15, 0.2) is 21.9 Å². The summed E-state index contributed by atoms with van der Waals surface area (Å²) in [5, 5.41) is 11.3. The van der Waals surface area contributed by atoms with Gasteiger partial charge in [0.05, 0.1) is 7.11 Å². The SMILES string of the molecule is CCCSc1nnc(NC(=O)C(CC)Oc2ccccc2OC)s1. The summed E-state index contributed by atoms with van der Waals surface area (Å²) in [6.07, 6.45) is 0.966.